The molecule has 2 N–H and O–H groups in total. The summed E-state index contributed by atoms with van der Waals surface area (Å²) < 4.78 is 5.66. The number of aliphatic hydroxyl groups is 1. The van der Waals surface area contributed by atoms with E-state index in [0.29, 0.717) is 13.0 Å². The second kappa shape index (κ2) is 8.13. The number of hydrogen-bond donors (Lipinski definition) is 2. The second-order valence-electron chi connectivity index (χ2n) is 3.68. The molecule has 0 aromatic heterocycles. The molecule has 0 saturated heterocycles. The number of benzene rings is 1. The minimum atomic E-state index is 0.161. The van der Waals surface area contributed by atoms with Gasteiger partial charge in [0, 0.05) is 13.2 Å². The Balaban J connectivity index is 2.34. The van der Waals surface area contributed by atoms with Gasteiger partial charge in [-0.15, -0.1) is 0 Å². The molecule has 16 heavy (non-hydrogen) atoms. The highest BCUT2D eigenvalue weighted by molar-refractivity contribution is 5.33. The van der Waals surface area contributed by atoms with Crippen LogP contribution < -0.4 is 10.1 Å². The van der Waals surface area contributed by atoms with Crippen molar-refractivity contribution in [3.05, 3.63) is 29.8 Å². The zero-order valence-corrected chi connectivity index (χ0v) is 9.91. The molecule has 1 rings (SSSR count). The number of rotatable bonds is 8. The lowest BCUT2D eigenvalue weighted by Crippen LogP contribution is -2.21. The molecule has 0 unspecified atom stereocenters. The van der Waals surface area contributed by atoms with Crippen LogP contribution >= 0.6 is 0 Å². The zero-order chi connectivity index (χ0) is 11.6. The van der Waals surface area contributed by atoms with Crippen molar-refractivity contribution in [1.29, 1.82) is 0 Å². The lowest BCUT2D eigenvalue weighted by atomic mass is 10.1. The molecular formula is C13H21NO2. The highest BCUT2D eigenvalue weighted by atomic mass is 16.5. The van der Waals surface area contributed by atoms with Crippen LogP contribution in [0.1, 0.15) is 18.9 Å². The number of nitrogens with one attached hydrogen (secondary N) is 1. The van der Waals surface area contributed by atoms with Gasteiger partial charge in [0.2, 0.25) is 0 Å². The quantitative estimate of drug-likeness (QED) is 0.658. The molecule has 0 amide bonds. The monoisotopic (exact) mass is 223 g/mol. The molecule has 0 radical (unpaired) electrons. The summed E-state index contributed by atoms with van der Waals surface area (Å²) in [5, 5.41) is 12.2. The summed E-state index contributed by atoms with van der Waals surface area (Å²) in [6.07, 6.45) is 1.79. The maximum absolute atomic E-state index is 8.92. The van der Waals surface area contributed by atoms with Crippen LogP contribution in [0, 0.1) is 0 Å². The summed E-state index contributed by atoms with van der Waals surface area (Å²) in [6, 6.07) is 7.86. The number of para-hydroxylation sites is 1. The van der Waals surface area contributed by atoms with E-state index < -0.39 is 0 Å². The maximum Gasteiger partial charge on any atom is 0.122 e. The predicted octanol–water partition coefficient (Wildman–Crippen LogP) is 1.60. The van der Waals surface area contributed by atoms with E-state index in [9.17, 15) is 0 Å². The summed E-state index contributed by atoms with van der Waals surface area (Å²) in [5.41, 5.74) is 1.07. The van der Waals surface area contributed by atoms with Crippen molar-refractivity contribution in [3.63, 3.8) is 0 Å². The smallest absolute Gasteiger partial charge is 0.122 e. The molecule has 0 aliphatic heterocycles. The molecule has 0 bridgehead atoms. The summed E-state index contributed by atoms with van der Waals surface area (Å²) >= 11 is 0. The van der Waals surface area contributed by atoms with Crippen molar-refractivity contribution in [2.24, 2.45) is 0 Å². The minimum Gasteiger partial charge on any atom is -0.492 e. The van der Waals surface area contributed by atoms with E-state index in [1.165, 1.54) is 0 Å². The summed E-state index contributed by atoms with van der Waals surface area (Å²) in [4.78, 5) is 0. The van der Waals surface area contributed by atoms with E-state index in [1.54, 1.807) is 0 Å². The molecule has 0 aliphatic rings. The van der Waals surface area contributed by atoms with E-state index in [2.05, 4.69) is 12.2 Å². The first kappa shape index (κ1) is 13.0. The second-order valence-corrected chi connectivity index (χ2v) is 3.68. The molecule has 0 fully saturated rings. The molecule has 0 heterocycles. The first-order chi connectivity index (χ1) is 7.88. The van der Waals surface area contributed by atoms with Gasteiger partial charge in [0.05, 0.1) is 0 Å². The fourth-order valence-corrected chi connectivity index (χ4v) is 1.51. The number of hydrogen-bond acceptors (Lipinski definition) is 3. The highest BCUT2D eigenvalue weighted by Crippen LogP contribution is 2.17. The molecule has 90 valence electrons. The Kier molecular flexibility index (Phi) is 6.61. The molecule has 0 atom stereocenters. The van der Waals surface area contributed by atoms with Crippen molar-refractivity contribution < 1.29 is 9.84 Å². The van der Waals surface area contributed by atoms with Gasteiger partial charge < -0.3 is 15.2 Å². The molecular weight excluding hydrogens is 202 g/mol. The molecule has 1 aromatic carbocycles. The van der Waals surface area contributed by atoms with E-state index in [0.717, 1.165) is 30.8 Å². The van der Waals surface area contributed by atoms with E-state index in [1.807, 2.05) is 24.3 Å². The van der Waals surface area contributed by atoms with Crippen LogP contribution in [0.2, 0.25) is 0 Å². The fourth-order valence-electron chi connectivity index (χ4n) is 1.51. The minimum absolute atomic E-state index is 0.161. The first-order valence-corrected chi connectivity index (χ1v) is 5.90. The van der Waals surface area contributed by atoms with Crippen molar-refractivity contribution in [2.75, 3.05) is 26.3 Å². The Morgan fingerprint density at radius 3 is 2.81 bits per heavy atom. The average Bonchev–Trinajstić information content (AvgIpc) is 2.31. The Labute approximate surface area is 97.4 Å². The van der Waals surface area contributed by atoms with Gasteiger partial charge in [-0.25, -0.2) is 0 Å². The lowest BCUT2D eigenvalue weighted by Gasteiger charge is -2.10. The van der Waals surface area contributed by atoms with Gasteiger partial charge >= 0.3 is 0 Å². The Bertz CT molecular complexity index is 289. The van der Waals surface area contributed by atoms with Gasteiger partial charge in [-0.2, -0.15) is 0 Å². The van der Waals surface area contributed by atoms with Gasteiger partial charge in [0.1, 0.15) is 12.4 Å². The standard InChI is InChI=1S/C13H21NO2/c1-2-8-14-9-11-16-13-6-4-3-5-12(13)7-10-15/h3-6,14-15H,2,7-11H2,1H3. The van der Waals surface area contributed by atoms with Gasteiger partial charge in [0.15, 0.2) is 0 Å². The number of aliphatic hydroxyl groups excluding tert-OH is 1. The van der Waals surface area contributed by atoms with Gasteiger partial charge in [-0.3, -0.25) is 0 Å². The SMILES string of the molecule is CCCNCCOc1ccccc1CCO. The van der Waals surface area contributed by atoms with Crippen LogP contribution in [0.3, 0.4) is 0 Å². The third-order valence-electron chi connectivity index (χ3n) is 2.32. The van der Waals surface area contributed by atoms with E-state index >= 15 is 0 Å². The summed E-state index contributed by atoms with van der Waals surface area (Å²) in [5.74, 6) is 0.884. The molecule has 0 aliphatic carbocycles. The Hall–Kier alpha value is -1.06. The van der Waals surface area contributed by atoms with Crippen molar-refractivity contribution in [3.8, 4) is 5.75 Å². The van der Waals surface area contributed by atoms with E-state index in [-0.39, 0.29) is 6.61 Å². The fraction of sp³-hybridized carbons (Fsp3) is 0.538. The largest absolute Gasteiger partial charge is 0.492 e. The van der Waals surface area contributed by atoms with Crippen LogP contribution in [0.15, 0.2) is 24.3 Å². The first-order valence-electron chi connectivity index (χ1n) is 5.90. The van der Waals surface area contributed by atoms with Crippen LogP contribution in [0.4, 0.5) is 0 Å². The zero-order valence-electron chi connectivity index (χ0n) is 9.91. The molecule has 1 aromatic rings. The van der Waals surface area contributed by atoms with Crippen molar-refractivity contribution >= 4 is 0 Å². The third-order valence-corrected chi connectivity index (χ3v) is 2.32. The van der Waals surface area contributed by atoms with Gasteiger partial charge in [-0.1, -0.05) is 25.1 Å². The van der Waals surface area contributed by atoms with Crippen molar-refractivity contribution in [1.82, 2.24) is 5.32 Å². The topological polar surface area (TPSA) is 41.5 Å². The molecule has 3 nitrogen and oxygen atoms in total. The number of ether oxygens (including phenoxy) is 1. The van der Waals surface area contributed by atoms with Crippen LogP contribution in [0.25, 0.3) is 0 Å². The van der Waals surface area contributed by atoms with Gasteiger partial charge in [0.25, 0.3) is 0 Å². The Morgan fingerprint density at radius 1 is 1.25 bits per heavy atom. The predicted molar refractivity (Wildman–Crippen MR) is 65.9 cm³/mol. The molecule has 0 saturated carbocycles. The molecule has 3 heteroatoms. The highest BCUT2D eigenvalue weighted by Gasteiger charge is 2.01. The average molecular weight is 223 g/mol. The third kappa shape index (κ3) is 4.64. The normalized spacial score (nSPS) is 10.4. The van der Waals surface area contributed by atoms with Crippen LogP contribution in [-0.4, -0.2) is 31.4 Å². The van der Waals surface area contributed by atoms with E-state index in [4.69, 9.17) is 9.84 Å². The summed E-state index contributed by atoms with van der Waals surface area (Å²) in [6.45, 7) is 4.87. The van der Waals surface area contributed by atoms with Crippen LogP contribution in [-0.2, 0) is 6.42 Å². The maximum atomic E-state index is 8.92. The van der Waals surface area contributed by atoms with Gasteiger partial charge in [-0.05, 0) is 31.0 Å². The van der Waals surface area contributed by atoms with Crippen LogP contribution in [0.5, 0.6) is 5.75 Å². The van der Waals surface area contributed by atoms with Crippen molar-refractivity contribution in [2.45, 2.75) is 19.8 Å². The summed E-state index contributed by atoms with van der Waals surface area (Å²) in [7, 11) is 0. The lowest BCUT2D eigenvalue weighted by molar-refractivity contribution is 0.287. The Morgan fingerprint density at radius 2 is 2.06 bits per heavy atom. The molecule has 0 spiro atoms.